The van der Waals surface area contributed by atoms with E-state index in [-0.39, 0.29) is 6.42 Å². The number of hydrogen-bond donors (Lipinski definition) is 1. The third-order valence-corrected chi connectivity index (χ3v) is 2.50. The molecule has 1 N–H and O–H groups in total. The molecule has 0 bridgehead atoms. The van der Waals surface area contributed by atoms with Crippen LogP contribution in [0.5, 0.6) is 0 Å². The maximum atomic E-state index is 13.0. The fourth-order valence-electron chi connectivity index (χ4n) is 1.62. The van der Waals surface area contributed by atoms with Crippen molar-refractivity contribution < 1.29 is 23.5 Å². The van der Waals surface area contributed by atoms with Crippen LogP contribution >= 0.6 is 0 Å². The summed E-state index contributed by atoms with van der Waals surface area (Å²) in [5.41, 5.74) is -2.13. The number of nitrogens with one attached hydrogen (secondary N) is 1. The summed E-state index contributed by atoms with van der Waals surface area (Å²) in [5, 5.41) is 2.48. The zero-order valence-corrected chi connectivity index (χ0v) is 15.0. The Bertz CT molecular complexity index is 394. The van der Waals surface area contributed by atoms with E-state index in [4.69, 9.17) is 9.47 Å². The molecule has 22 heavy (non-hydrogen) atoms. The standard InChI is InChI=1S/C16H30FNO4/c1-14(2,3)21-12(19)11(9-16(7,8)10-17)18-13(20)22-15(4,5)6/h11H,9-10H2,1-8H3,(H,18,20). The summed E-state index contributed by atoms with van der Waals surface area (Å²) in [4.78, 5) is 24.1. The van der Waals surface area contributed by atoms with Crippen LogP contribution in [-0.2, 0) is 14.3 Å². The van der Waals surface area contributed by atoms with Crippen molar-refractivity contribution >= 4 is 12.1 Å². The largest absolute Gasteiger partial charge is 0.458 e. The molecule has 0 aliphatic carbocycles. The van der Waals surface area contributed by atoms with Crippen LogP contribution in [0.1, 0.15) is 61.8 Å². The van der Waals surface area contributed by atoms with E-state index in [1.54, 1.807) is 55.4 Å². The van der Waals surface area contributed by atoms with Gasteiger partial charge in [-0.15, -0.1) is 0 Å². The van der Waals surface area contributed by atoms with Gasteiger partial charge in [0.15, 0.2) is 0 Å². The second-order valence-electron chi connectivity index (χ2n) is 8.23. The van der Waals surface area contributed by atoms with Gasteiger partial charge in [0.1, 0.15) is 17.2 Å². The maximum Gasteiger partial charge on any atom is 0.408 e. The molecular weight excluding hydrogens is 289 g/mol. The van der Waals surface area contributed by atoms with E-state index >= 15 is 0 Å². The van der Waals surface area contributed by atoms with Crippen molar-refractivity contribution in [3.05, 3.63) is 0 Å². The number of carbonyl (C=O) groups is 2. The van der Waals surface area contributed by atoms with Gasteiger partial charge in [-0.2, -0.15) is 0 Å². The number of alkyl carbamates (subject to hydrolysis) is 1. The van der Waals surface area contributed by atoms with Gasteiger partial charge in [0.25, 0.3) is 0 Å². The van der Waals surface area contributed by atoms with Crippen molar-refractivity contribution in [2.75, 3.05) is 6.67 Å². The highest BCUT2D eigenvalue weighted by molar-refractivity contribution is 5.81. The Morgan fingerprint density at radius 2 is 1.41 bits per heavy atom. The lowest BCUT2D eigenvalue weighted by atomic mass is 9.87. The number of amides is 1. The molecule has 0 aromatic rings. The first-order chi connectivity index (χ1) is 9.65. The molecule has 0 radical (unpaired) electrons. The molecule has 0 fully saturated rings. The summed E-state index contributed by atoms with van der Waals surface area (Å²) in [6.07, 6.45) is -0.601. The minimum Gasteiger partial charge on any atom is -0.458 e. The van der Waals surface area contributed by atoms with Crippen molar-refractivity contribution in [3.63, 3.8) is 0 Å². The SMILES string of the molecule is CC(C)(CF)CC(NC(=O)OC(C)(C)C)C(=O)OC(C)(C)C. The predicted octanol–water partition coefficient (Wildman–Crippen LogP) is 3.61. The van der Waals surface area contributed by atoms with E-state index < -0.39 is 41.4 Å². The molecular formula is C16H30FNO4. The Labute approximate surface area is 132 Å². The number of rotatable bonds is 5. The lowest BCUT2D eigenvalue weighted by molar-refractivity contribution is -0.158. The highest BCUT2D eigenvalue weighted by atomic mass is 19.1. The Hall–Kier alpha value is -1.33. The summed E-state index contributed by atoms with van der Waals surface area (Å²) in [6, 6.07) is -0.958. The third-order valence-electron chi connectivity index (χ3n) is 2.50. The molecule has 5 nitrogen and oxygen atoms in total. The average Bonchev–Trinajstić information content (AvgIpc) is 2.22. The predicted molar refractivity (Wildman–Crippen MR) is 83.4 cm³/mol. The lowest BCUT2D eigenvalue weighted by Gasteiger charge is -2.30. The molecule has 1 unspecified atom stereocenters. The Balaban J connectivity index is 5.02. The molecule has 0 aromatic heterocycles. The first kappa shape index (κ1) is 20.7. The van der Waals surface area contributed by atoms with Crippen LogP contribution in [0.2, 0.25) is 0 Å². The van der Waals surface area contributed by atoms with Crippen LogP contribution in [-0.4, -0.2) is 36.0 Å². The number of esters is 1. The first-order valence-corrected chi connectivity index (χ1v) is 7.43. The molecule has 6 heteroatoms. The minimum atomic E-state index is -0.958. The van der Waals surface area contributed by atoms with Crippen LogP contribution in [0.4, 0.5) is 9.18 Å². The van der Waals surface area contributed by atoms with E-state index in [1.807, 2.05) is 0 Å². The average molecular weight is 319 g/mol. The van der Waals surface area contributed by atoms with Crippen molar-refractivity contribution in [1.82, 2.24) is 5.32 Å². The van der Waals surface area contributed by atoms with E-state index in [9.17, 15) is 14.0 Å². The molecule has 1 amide bonds. The van der Waals surface area contributed by atoms with E-state index in [0.717, 1.165) is 0 Å². The normalized spacial score (nSPS) is 14.2. The molecule has 0 rings (SSSR count). The molecule has 1 atom stereocenters. The van der Waals surface area contributed by atoms with E-state index in [0.29, 0.717) is 0 Å². The fourth-order valence-corrected chi connectivity index (χ4v) is 1.62. The Morgan fingerprint density at radius 3 is 1.77 bits per heavy atom. The minimum absolute atomic E-state index is 0.123. The molecule has 0 heterocycles. The Morgan fingerprint density at radius 1 is 0.955 bits per heavy atom. The molecule has 0 aliphatic heterocycles. The summed E-state index contributed by atoms with van der Waals surface area (Å²) < 4.78 is 23.5. The van der Waals surface area contributed by atoms with Gasteiger partial charge < -0.3 is 14.8 Å². The lowest BCUT2D eigenvalue weighted by Crippen LogP contribution is -2.48. The molecule has 0 aliphatic rings. The van der Waals surface area contributed by atoms with Gasteiger partial charge in [-0.05, 0) is 53.4 Å². The topological polar surface area (TPSA) is 64.6 Å². The first-order valence-electron chi connectivity index (χ1n) is 7.43. The zero-order chi connectivity index (χ0) is 17.8. The number of alkyl halides is 1. The quantitative estimate of drug-likeness (QED) is 0.786. The maximum absolute atomic E-state index is 13.0. The third kappa shape index (κ3) is 9.58. The van der Waals surface area contributed by atoms with Crippen molar-refractivity contribution in [3.8, 4) is 0 Å². The Kier molecular flexibility index (Phi) is 6.85. The van der Waals surface area contributed by atoms with Gasteiger partial charge in [-0.3, -0.25) is 4.39 Å². The van der Waals surface area contributed by atoms with E-state index in [2.05, 4.69) is 5.32 Å². The van der Waals surface area contributed by atoms with Crippen molar-refractivity contribution in [1.29, 1.82) is 0 Å². The summed E-state index contributed by atoms with van der Waals surface area (Å²) in [7, 11) is 0. The van der Waals surface area contributed by atoms with E-state index in [1.165, 1.54) is 0 Å². The van der Waals surface area contributed by atoms with Gasteiger partial charge in [0.05, 0.1) is 6.67 Å². The highest BCUT2D eigenvalue weighted by Crippen LogP contribution is 2.24. The summed E-state index contributed by atoms with van der Waals surface area (Å²) in [6.45, 7) is 13.1. The van der Waals surface area contributed by atoms with Gasteiger partial charge in [-0.1, -0.05) is 13.8 Å². The summed E-state index contributed by atoms with van der Waals surface area (Å²) >= 11 is 0. The van der Waals surface area contributed by atoms with Crippen LogP contribution in [0.25, 0.3) is 0 Å². The number of halogens is 1. The van der Waals surface area contributed by atoms with Crippen LogP contribution in [0.15, 0.2) is 0 Å². The van der Waals surface area contributed by atoms with Gasteiger partial charge in [0, 0.05) is 0 Å². The summed E-state index contributed by atoms with van der Waals surface area (Å²) in [5.74, 6) is -0.597. The highest BCUT2D eigenvalue weighted by Gasteiger charge is 2.33. The van der Waals surface area contributed by atoms with Gasteiger partial charge in [-0.25, -0.2) is 9.59 Å². The number of ether oxygens (including phenoxy) is 2. The second kappa shape index (κ2) is 7.29. The molecule has 130 valence electrons. The van der Waals surface area contributed by atoms with Crippen molar-refractivity contribution in [2.45, 2.75) is 79.1 Å². The van der Waals surface area contributed by atoms with Crippen LogP contribution < -0.4 is 5.32 Å². The molecule has 0 spiro atoms. The molecule has 0 saturated heterocycles. The monoisotopic (exact) mass is 319 g/mol. The number of carbonyl (C=O) groups excluding carboxylic acids is 2. The number of hydrogen-bond acceptors (Lipinski definition) is 4. The zero-order valence-electron chi connectivity index (χ0n) is 15.0. The van der Waals surface area contributed by atoms with Crippen molar-refractivity contribution in [2.24, 2.45) is 5.41 Å². The van der Waals surface area contributed by atoms with Gasteiger partial charge in [0.2, 0.25) is 0 Å². The smallest absolute Gasteiger partial charge is 0.408 e. The van der Waals surface area contributed by atoms with Crippen LogP contribution in [0.3, 0.4) is 0 Å². The molecule has 0 aromatic carbocycles. The fraction of sp³-hybridized carbons (Fsp3) is 0.875. The van der Waals surface area contributed by atoms with Gasteiger partial charge >= 0.3 is 12.1 Å². The second-order valence-corrected chi connectivity index (χ2v) is 8.23. The molecule has 0 saturated carbocycles. The van der Waals surface area contributed by atoms with Crippen LogP contribution in [0, 0.1) is 5.41 Å².